The van der Waals surface area contributed by atoms with Gasteiger partial charge in [0.2, 0.25) is 5.95 Å². The van der Waals surface area contributed by atoms with Gasteiger partial charge in [0.1, 0.15) is 11.4 Å². The van der Waals surface area contributed by atoms with Crippen LogP contribution < -0.4 is 4.90 Å². The van der Waals surface area contributed by atoms with E-state index in [-0.39, 0.29) is 18.3 Å². The van der Waals surface area contributed by atoms with Crippen molar-refractivity contribution < 1.29 is 13.9 Å². The molecule has 6 heteroatoms. The molecule has 0 bridgehead atoms. The van der Waals surface area contributed by atoms with Gasteiger partial charge >= 0.3 is 5.97 Å². The van der Waals surface area contributed by atoms with Gasteiger partial charge in [0, 0.05) is 18.7 Å². The minimum Gasteiger partial charge on any atom is -0.462 e. The molecule has 0 saturated heterocycles. The standard InChI is InChI=1S/C20H26FN3O2/c1-6-24(7-2)20-22-17(13(4)5)16(19(25)26-8-3)18(23-20)14-9-11-15(21)12-10-14/h9-13H,6-8H2,1-5H3. The molecule has 1 aromatic carbocycles. The Kier molecular flexibility index (Phi) is 6.66. The van der Waals surface area contributed by atoms with Gasteiger partial charge in [-0.25, -0.2) is 19.2 Å². The first kappa shape index (κ1) is 19.8. The van der Waals surface area contributed by atoms with Crippen LogP contribution in [0.4, 0.5) is 10.3 Å². The van der Waals surface area contributed by atoms with E-state index < -0.39 is 5.97 Å². The van der Waals surface area contributed by atoms with E-state index in [2.05, 4.69) is 9.97 Å². The second-order valence-electron chi connectivity index (χ2n) is 6.19. The zero-order chi connectivity index (χ0) is 19.3. The molecule has 26 heavy (non-hydrogen) atoms. The summed E-state index contributed by atoms with van der Waals surface area (Å²) in [4.78, 5) is 24.0. The summed E-state index contributed by atoms with van der Waals surface area (Å²) in [5.41, 5.74) is 2.13. The predicted octanol–water partition coefficient (Wildman–Crippen LogP) is 4.43. The molecule has 0 aliphatic carbocycles. The molecule has 2 aromatic rings. The molecule has 0 spiro atoms. The van der Waals surface area contributed by atoms with Gasteiger partial charge in [-0.1, -0.05) is 13.8 Å². The zero-order valence-electron chi connectivity index (χ0n) is 16.0. The van der Waals surface area contributed by atoms with Crippen molar-refractivity contribution in [3.05, 3.63) is 41.3 Å². The van der Waals surface area contributed by atoms with Crippen LogP contribution >= 0.6 is 0 Å². The first-order valence-electron chi connectivity index (χ1n) is 9.02. The van der Waals surface area contributed by atoms with E-state index in [0.29, 0.717) is 28.5 Å². The number of carbonyl (C=O) groups excluding carboxylic acids is 1. The second kappa shape index (κ2) is 8.74. The minimum absolute atomic E-state index is 0.00548. The Balaban J connectivity index is 2.77. The summed E-state index contributed by atoms with van der Waals surface area (Å²) in [6.07, 6.45) is 0. The number of carbonyl (C=O) groups is 1. The number of ether oxygens (including phenoxy) is 1. The third-order valence-corrected chi connectivity index (χ3v) is 4.12. The van der Waals surface area contributed by atoms with Crippen LogP contribution in [0.5, 0.6) is 0 Å². The number of rotatable bonds is 7. The van der Waals surface area contributed by atoms with Gasteiger partial charge in [0.15, 0.2) is 0 Å². The first-order chi connectivity index (χ1) is 12.4. The molecule has 1 aromatic heterocycles. The molecule has 0 saturated carbocycles. The van der Waals surface area contributed by atoms with Crippen LogP contribution in [-0.4, -0.2) is 35.6 Å². The molecule has 0 fully saturated rings. The maximum absolute atomic E-state index is 13.4. The predicted molar refractivity (Wildman–Crippen MR) is 101 cm³/mol. The highest BCUT2D eigenvalue weighted by Gasteiger charge is 2.25. The van der Waals surface area contributed by atoms with E-state index >= 15 is 0 Å². The molecule has 0 atom stereocenters. The van der Waals surface area contributed by atoms with Gasteiger partial charge in [-0.05, 0) is 51.0 Å². The molecule has 0 amide bonds. The molecule has 0 aliphatic rings. The fourth-order valence-corrected chi connectivity index (χ4v) is 2.75. The maximum Gasteiger partial charge on any atom is 0.342 e. The van der Waals surface area contributed by atoms with Crippen LogP contribution in [-0.2, 0) is 4.74 Å². The Morgan fingerprint density at radius 3 is 2.23 bits per heavy atom. The third kappa shape index (κ3) is 4.18. The monoisotopic (exact) mass is 359 g/mol. The summed E-state index contributed by atoms with van der Waals surface area (Å²) in [7, 11) is 0. The van der Waals surface area contributed by atoms with Crippen molar-refractivity contribution >= 4 is 11.9 Å². The van der Waals surface area contributed by atoms with Gasteiger partial charge in [0.05, 0.1) is 18.0 Å². The number of nitrogens with zero attached hydrogens (tertiary/aromatic N) is 3. The average molecular weight is 359 g/mol. The SMILES string of the molecule is CCOC(=O)c1c(-c2ccc(F)cc2)nc(N(CC)CC)nc1C(C)C. The molecule has 1 heterocycles. The van der Waals surface area contributed by atoms with Crippen molar-refractivity contribution in [1.29, 1.82) is 0 Å². The summed E-state index contributed by atoms with van der Waals surface area (Å²) in [5, 5.41) is 0. The molecule has 140 valence electrons. The fraction of sp³-hybridized carbons (Fsp3) is 0.450. The van der Waals surface area contributed by atoms with Gasteiger partial charge in [-0.3, -0.25) is 0 Å². The van der Waals surface area contributed by atoms with Crippen molar-refractivity contribution in [2.24, 2.45) is 0 Å². The van der Waals surface area contributed by atoms with Crippen LogP contribution in [0, 0.1) is 5.82 Å². The highest BCUT2D eigenvalue weighted by molar-refractivity contribution is 5.97. The van der Waals surface area contributed by atoms with E-state index in [1.54, 1.807) is 19.1 Å². The molecule has 2 rings (SSSR count). The van der Waals surface area contributed by atoms with Crippen LogP contribution in [0.2, 0.25) is 0 Å². The van der Waals surface area contributed by atoms with Crippen LogP contribution in [0.1, 0.15) is 56.6 Å². The minimum atomic E-state index is -0.457. The van der Waals surface area contributed by atoms with Crippen molar-refractivity contribution in [2.75, 3.05) is 24.6 Å². The summed E-state index contributed by atoms with van der Waals surface area (Å²) in [6, 6.07) is 5.96. The first-order valence-corrected chi connectivity index (χ1v) is 9.02. The smallest absolute Gasteiger partial charge is 0.342 e. The van der Waals surface area contributed by atoms with E-state index in [0.717, 1.165) is 13.1 Å². The average Bonchev–Trinajstić information content (AvgIpc) is 2.62. The van der Waals surface area contributed by atoms with Crippen LogP contribution in [0.3, 0.4) is 0 Å². The maximum atomic E-state index is 13.4. The van der Waals surface area contributed by atoms with Crippen molar-refractivity contribution in [3.8, 4) is 11.3 Å². The molecule has 0 radical (unpaired) electrons. The van der Waals surface area contributed by atoms with E-state index in [9.17, 15) is 9.18 Å². The topological polar surface area (TPSA) is 55.3 Å². The second-order valence-corrected chi connectivity index (χ2v) is 6.19. The van der Waals surface area contributed by atoms with E-state index in [1.165, 1.54) is 12.1 Å². The number of aromatic nitrogens is 2. The normalized spacial score (nSPS) is 10.9. The Morgan fingerprint density at radius 2 is 1.73 bits per heavy atom. The Morgan fingerprint density at radius 1 is 1.12 bits per heavy atom. The lowest BCUT2D eigenvalue weighted by Gasteiger charge is -2.23. The third-order valence-electron chi connectivity index (χ3n) is 4.12. The zero-order valence-corrected chi connectivity index (χ0v) is 16.0. The summed E-state index contributed by atoms with van der Waals surface area (Å²) < 4.78 is 18.6. The Labute approximate surface area is 154 Å². The Bertz CT molecular complexity index is 756. The van der Waals surface area contributed by atoms with Crippen molar-refractivity contribution in [2.45, 2.75) is 40.5 Å². The van der Waals surface area contributed by atoms with Gasteiger partial charge in [-0.2, -0.15) is 0 Å². The number of hydrogen-bond acceptors (Lipinski definition) is 5. The van der Waals surface area contributed by atoms with E-state index in [1.807, 2.05) is 32.6 Å². The summed E-state index contributed by atoms with van der Waals surface area (Å²) >= 11 is 0. The lowest BCUT2D eigenvalue weighted by molar-refractivity contribution is 0.0524. The fourth-order valence-electron chi connectivity index (χ4n) is 2.75. The number of hydrogen-bond donors (Lipinski definition) is 0. The van der Waals surface area contributed by atoms with Crippen LogP contribution in [0.15, 0.2) is 24.3 Å². The van der Waals surface area contributed by atoms with Crippen molar-refractivity contribution in [3.63, 3.8) is 0 Å². The highest BCUT2D eigenvalue weighted by atomic mass is 19.1. The summed E-state index contributed by atoms with van der Waals surface area (Å²) in [5.74, 6) is -0.229. The van der Waals surface area contributed by atoms with Gasteiger partial charge in [0.25, 0.3) is 0 Å². The lowest BCUT2D eigenvalue weighted by atomic mass is 9.98. The van der Waals surface area contributed by atoms with Crippen molar-refractivity contribution in [1.82, 2.24) is 9.97 Å². The number of anilines is 1. The number of benzene rings is 1. The number of esters is 1. The van der Waals surface area contributed by atoms with Crippen LogP contribution in [0.25, 0.3) is 11.3 Å². The highest BCUT2D eigenvalue weighted by Crippen LogP contribution is 2.30. The van der Waals surface area contributed by atoms with E-state index in [4.69, 9.17) is 4.74 Å². The largest absolute Gasteiger partial charge is 0.462 e. The quantitative estimate of drug-likeness (QED) is 0.685. The molecule has 5 nitrogen and oxygen atoms in total. The van der Waals surface area contributed by atoms with Gasteiger partial charge < -0.3 is 9.64 Å². The Hall–Kier alpha value is -2.50. The molecule has 0 unspecified atom stereocenters. The lowest BCUT2D eigenvalue weighted by Crippen LogP contribution is -2.26. The molecular formula is C20H26FN3O2. The van der Waals surface area contributed by atoms with Gasteiger partial charge in [-0.15, -0.1) is 0 Å². The molecule has 0 N–H and O–H groups in total. The molecule has 0 aliphatic heterocycles. The molecular weight excluding hydrogens is 333 g/mol. The number of halogens is 1. The summed E-state index contributed by atoms with van der Waals surface area (Å²) in [6.45, 7) is 11.5.